The van der Waals surface area contributed by atoms with Crippen molar-refractivity contribution in [3.05, 3.63) is 96.6 Å². The lowest BCUT2D eigenvalue weighted by Gasteiger charge is -2.26. The number of nitrogens with one attached hydrogen (secondary N) is 2. The SMILES string of the molecule is CCN(CC)CCNc1nn2ccccc2c1N=C1C=CC(N)=CC1=O.NC1=CC(=O)C=CC1=Nc1c(NCCN2CCCCC2)nn2ccccc12. The molecule has 4 aromatic heterocycles. The van der Waals surface area contributed by atoms with Gasteiger partial charge in [0.1, 0.15) is 17.1 Å². The number of ketones is 2. The first-order valence-electron chi connectivity index (χ1n) is 18.3. The molecule has 0 atom stereocenters. The van der Waals surface area contributed by atoms with Gasteiger partial charge in [0.15, 0.2) is 17.4 Å². The molecule has 0 aromatic carbocycles. The van der Waals surface area contributed by atoms with E-state index in [9.17, 15) is 9.59 Å². The van der Waals surface area contributed by atoms with Crippen LogP contribution in [-0.4, -0.2) is 104 Å². The van der Waals surface area contributed by atoms with Gasteiger partial charge in [0.2, 0.25) is 5.78 Å². The van der Waals surface area contributed by atoms with Gasteiger partial charge in [0.05, 0.1) is 22.4 Å². The second-order valence-corrected chi connectivity index (χ2v) is 12.9. The van der Waals surface area contributed by atoms with Crippen LogP contribution >= 0.6 is 0 Å². The summed E-state index contributed by atoms with van der Waals surface area (Å²) >= 11 is 0. The lowest BCUT2D eigenvalue weighted by Crippen LogP contribution is -2.33. The fourth-order valence-corrected chi connectivity index (χ4v) is 6.32. The molecule has 5 heterocycles. The van der Waals surface area contributed by atoms with Crippen LogP contribution in [0.15, 0.2) is 107 Å². The van der Waals surface area contributed by atoms with Crippen LogP contribution in [0.25, 0.3) is 11.0 Å². The van der Waals surface area contributed by atoms with Crippen LogP contribution in [0.3, 0.4) is 0 Å². The van der Waals surface area contributed by atoms with Crippen LogP contribution in [0.5, 0.6) is 0 Å². The molecule has 53 heavy (non-hydrogen) atoms. The molecule has 0 unspecified atom stereocenters. The van der Waals surface area contributed by atoms with E-state index in [0.717, 1.165) is 61.8 Å². The fourth-order valence-electron chi connectivity index (χ4n) is 6.32. The minimum atomic E-state index is -0.200. The van der Waals surface area contributed by atoms with E-state index in [2.05, 4.69) is 49.5 Å². The Morgan fingerprint density at radius 3 is 1.96 bits per heavy atom. The summed E-state index contributed by atoms with van der Waals surface area (Å²) in [6.45, 7) is 12.1. The van der Waals surface area contributed by atoms with E-state index in [-0.39, 0.29) is 11.6 Å². The Labute approximate surface area is 309 Å². The fraction of sp³-hybridized carbons (Fsp3) is 0.333. The summed E-state index contributed by atoms with van der Waals surface area (Å²) in [6, 6.07) is 11.6. The summed E-state index contributed by atoms with van der Waals surface area (Å²) in [5.74, 6) is 1.07. The van der Waals surface area contributed by atoms with Crippen LogP contribution in [0, 0.1) is 0 Å². The number of likely N-dealkylation sites (N-methyl/N-ethyl adjacent to an activating group) is 1. The van der Waals surface area contributed by atoms with E-state index in [1.54, 1.807) is 27.3 Å². The Hall–Kier alpha value is -5.86. The maximum atomic E-state index is 12.2. The summed E-state index contributed by atoms with van der Waals surface area (Å²) < 4.78 is 3.57. The van der Waals surface area contributed by atoms with E-state index >= 15 is 0 Å². The number of allylic oxidation sites excluding steroid dienone is 6. The zero-order valence-corrected chi connectivity index (χ0v) is 30.4. The number of anilines is 2. The number of likely N-dealkylation sites (tertiary alicyclic amines) is 1. The summed E-state index contributed by atoms with van der Waals surface area (Å²) in [6.07, 6.45) is 16.9. The third kappa shape index (κ3) is 9.33. The summed E-state index contributed by atoms with van der Waals surface area (Å²) in [7, 11) is 0. The average Bonchev–Trinajstić information content (AvgIpc) is 3.70. The van der Waals surface area contributed by atoms with Crippen molar-refractivity contribution in [3.63, 3.8) is 0 Å². The lowest BCUT2D eigenvalue weighted by molar-refractivity contribution is -0.110. The molecule has 3 aliphatic rings. The molecule has 7 rings (SSSR count). The number of nitrogens with zero attached hydrogens (tertiary/aromatic N) is 8. The summed E-state index contributed by atoms with van der Waals surface area (Å²) in [4.78, 5) is 37.7. The number of carbonyl (C=O) groups excluding carboxylic acids is 2. The molecular weight excluding hydrogens is 669 g/mol. The third-order valence-electron chi connectivity index (χ3n) is 9.26. The number of rotatable bonds is 12. The molecule has 0 spiro atoms. The minimum Gasteiger partial charge on any atom is -0.399 e. The molecule has 0 bridgehead atoms. The Morgan fingerprint density at radius 2 is 1.36 bits per heavy atom. The van der Waals surface area contributed by atoms with Gasteiger partial charge in [0, 0.05) is 56.4 Å². The van der Waals surface area contributed by atoms with Crippen LogP contribution in [0.1, 0.15) is 33.1 Å². The van der Waals surface area contributed by atoms with Crippen molar-refractivity contribution >= 4 is 57.0 Å². The number of carbonyl (C=O) groups is 2. The quantitative estimate of drug-likeness (QED) is 0.121. The van der Waals surface area contributed by atoms with Gasteiger partial charge in [-0.1, -0.05) is 32.4 Å². The first kappa shape index (κ1) is 36.9. The predicted molar refractivity (Wildman–Crippen MR) is 212 cm³/mol. The van der Waals surface area contributed by atoms with Crippen molar-refractivity contribution in [2.75, 3.05) is 63.0 Å². The number of hydrogen-bond donors (Lipinski definition) is 4. The summed E-state index contributed by atoms with van der Waals surface area (Å²) in [5.41, 5.74) is 16.5. The number of aliphatic imine (C=N–C) groups is 2. The monoisotopic (exact) mass is 716 g/mol. The zero-order valence-electron chi connectivity index (χ0n) is 30.4. The van der Waals surface area contributed by atoms with Crippen molar-refractivity contribution in [2.24, 2.45) is 21.5 Å². The van der Waals surface area contributed by atoms with Crippen LogP contribution < -0.4 is 22.1 Å². The Morgan fingerprint density at radius 1 is 0.755 bits per heavy atom. The van der Waals surface area contributed by atoms with E-state index < -0.39 is 0 Å². The normalized spacial score (nSPS) is 17.8. The average molecular weight is 717 g/mol. The van der Waals surface area contributed by atoms with E-state index in [0.29, 0.717) is 34.3 Å². The van der Waals surface area contributed by atoms with Gasteiger partial charge < -0.3 is 31.9 Å². The second kappa shape index (κ2) is 17.6. The largest absolute Gasteiger partial charge is 0.399 e. The van der Waals surface area contributed by atoms with E-state index in [1.807, 2.05) is 48.8 Å². The van der Waals surface area contributed by atoms with Crippen molar-refractivity contribution < 1.29 is 9.59 Å². The minimum absolute atomic E-state index is 0.119. The highest BCUT2D eigenvalue weighted by atomic mass is 16.1. The Balaban J connectivity index is 0.000000182. The van der Waals surface area contributed by atoms with Gasteiger partial charge in [-0.3, -0.25) is 9.59 Å². The van der Waals surface area contributed by atoms with Gasteiger partial charge in [-0.05, 0) is 87.6 Å². The Kier molecular flexibility index (Phi) is 12.2. The van der Waals surface area contributed by atoms with Gasteiger partial charge in [-0.25, -0.2) is 19.0 Å². The molecule has 1 aliphatic heterocycles. The molecule has 0 saturated carbocycles. The Bertz CT molecular complexity index is 2120. The van der Waals surface area contributed by atoms with Crippen LogP contribution in [-0.2, 0) is 9.59 Å². The van der Waals surface area contributed by atoms with Crippen molar-refractivity contribution in [1.82, 2.24) is 29.0 Å². The third-order valence-corrected chi connectivity index (χ3v) is 9.26. The maximum Gasteiger partial charge on any atom is 0.206 e. The molecule has 0 radical (unpaired) electrons. The smallest absolute Gasteiger partial charge is 0.206 e. The van der Waals surface area contributed by atoms with Gasteiger partial charge >= 0.3 is 0 Å². The highest BCUT2D eigenvalue weighted by molar-refractivity contribution is 6.49. The zero-order chi connectivity index (χ0) is 37.2. The van der Waals surface area contributed by atoms with Crippen LogP contribution in [0.2, 0.25) is 0 Å². The van der Waals surface area contributed by atoms with Gasteiger partial charge in [-0.15, -0.1) is 10.2 Å². The van der Waals surface area contributed by atoms with Gasteiger partial charge in [-0.2, -0.15) is 0 Å². The number of nitrogens with two attached hydrogens (primary N) is 2. The lowest BCUT2D eigenvalue weighted by atomic mass is 10.1. The molecule has 14 nitrogen and oxygen atoms in total. The first-order valence-corrected chi connectivity index (χ1v) is 18.3. The van der Waals surface area contributed by atoms with Crippen LogP contribution in [0.4, 0.5) is 23.0 Å². The predicted octanol–water partition coefficient (Wildman–Crippen LogP) is 4.43. The first-order chi connectivity index (χ1) is 25.8. The van der Waals surface area contributed by atoms with Gasteiger partial charge in [0.25, 0.3) is 0 Å². The molecule has 0 amide bonds. The molecule has 2 aliphatic carbocycles. The number of aromatic nitrogens is 4. The van der Waals surface area contributed by atoms with Crippen molar-refractivity contribution in [2.45, 2.75) is 33.1 Å². The number of pyridine rings is 2. The molecule has 14 heteroatoms. The molecule has 4 aromatic rings. The molecule has 276 valence electrons. The highest BCUT2D eigenvalue weighted by Gasteiger charge is 2.18. The maximum absolute atomic E-state index is 12.2. The molecule has 1 fully saturated rings. The highest BCUT2D eigenvalue weighted by Crippen LogP contribution is 2.31. The van der Waals surface area contributed by atoms with Crippen molar-refractivity contribution in [1.29, 1.82) is 0 Å². The molecule has 6 N–H and O–H groups in total. The number of hydrogen-bond acceptors (Lipinski definition) is 12. The molecular formula is C39H48N12O2. The number of piperidine rings is 1. The standard InChI is InChI=1S/C20H24N6O.C19H24N6O/c21-16-14-15(27)7-8-17(16)23-19-18-6-2-5-12-26(18)24-20(19)22-9-13-25-10-3-1-4-11-25;1-3-24(4-2)12-10-21-19-18(16-7-5-6-11-25(16)23-19)22-15-9-8-14(20)13-17(15)26/h2,5-8,12,14H,1,3-4,9-11,13,21H2,(H,22,24);5-9,11,13H,3-4,10,12,20H2,1-2H3,(H,21,23). The molecule has 1 saturated heterocycles. The number of fused-ring (bicyclic) bond motifs is 2. The second-order valence-electron chi connectivity index (χ2n) is 12.9. The van der Waals surface area contributed by atoms with E-state index in [4.69, 9.17) is 16.5 Å². The van der Waals surface area contributed by atoms with Crippen molar-refractivity contribution in [3.8, 4) is 0 Å². The van der Waals surface area contributed by atoms with E-state index in [1.165, 1.54) is 50.6 Å². The topological polar surface area (TPSA) is 176 Å². The summed E-state index contributed by atoms with van der Waals surface area (Å²) in [5, 5.41) is 16.0.